The fourth-order valence-corrected chi connectivity index (χ4v) is 3.11. The van der Waals surface area contributed by atoms with Crippen LogP contribution in [0.2, 0.25) is 0 Å². The number of rotatable bonds is 7. The van der Waals surface area contributed by atoms with Gasteiger partial charge in [0.05, 0.1) is 0 Å². The Balaban J connectivity index is 1.80. The third-order valence-electron chi connectivity index (χ3n) is 4.03. The second kappa shape index (κ2) is 9.97. The molecule has 140 valence electrons. The molecule has 1 aromatic carbocycles. The van der Waals surface area contributed by atoms with E-state index in [1.54, 1.807) is 18.4 Å². The summed E-state index contributed by atoms with van der Waals surface area (Å²) in [6.45, 7) is 7.47. The zero-order valence-electron chi connectivity index (χ0n) is 15.9. The molecule has 1 atom stereocenters. The van der Waals surface area contributed by atoms with Crippen LogP contribution in [0.15, 0.2) is 46.8 Å². The van der Waals surface area contributed by atoms with E-state index in [4.69, 9.17) is 0 Å². The molecule has 5 nitrogen and oxygen atoms in total. The number of thiophene rings is 1. The normalized spacial score (nSPS) is 12.7. The fourth-order valence-electron chi connectivity index (χ4n) is 2.32. The SMILES string of the molecule is CN=C(NCc1ccc(NC(=O)C(C)C)cc1)NCC(C)c1cccs1. The minimum Gasteiger partial charge on any atom is -0.356 e. The van der Waals surface area contributed by atoms with Gasteiger partial charge in [-0.1, -0.05) is 39.0 Å². The topological polar surface area (TPSA) is 65.5 Å². The van der Waals surface area contributed by atoms with E-state index in [-0.39, 0.29) is 11.8 Å². The standard InChI is InChI=1S/C20H28N4OS/c1-14(2)19(25)24-17-9-7-16(8-10-17)13-23-20(21-4)22-12-15(3)18-6-5-11-26-18/h5-11,14-15H,12-13H2,1-4H3,(H,24,25)(H2,21,22,23). The van der Waals surface area contributed by atoms with Crippen LogP contribution < -0.4 is 16.0 Å². The molecule has 0 spiro atoms. The molecule has 1 aromatic heterocycles. The summed E-state index contributed by atoms with van der Waals surface area (Å²) in [4.78, 5) is 17.4. The van der Waals surface area contributed by atoms with Crippen molar-refractivity contribution in [1.29, 1.82) is 0 Å². The van der Waals surface area contributed by atoms with Crippen LogP contribution in [0.4, 0.5) is 5.69 Å². The van der Waals surface area contributed by atoms with Gasteiger partial charge in [-0.05, 0) is 29.1 Å². The molecule has 2 rings (SSSR count). The van der Waals surface area contributed by atoms with E-state index in [1.807, 2.05) is 38.1 Å². The first kappa shape index (κ1) is 20.0. The summed E-state index contributed by atoms with van der Waals surface area (Å²) < 4.78 is 0. The van der Waals surface area contributed by atoms with Crippen molar-refractivity contribution in [3.63, 3.8) is 0 Å². The molecular formula is C20H28N4OS. The Morgan fingerprint density at radius 2 is 1.85 bits per heavy atom. The number of hydrogen-bond donors (Lipinski definition) is 3. The summed E-state index contributed by atoms with van der Waals surface area (Å²) in [5.41, 5.74) is 1.95. The number of anilines is 1. The second-order valence-electron chi connectivity index (χ2n) is 6.56. The average Bonchev–Trinajstić information content (AvgIpc) is 3.17. The molecule has 6 heteroatoms. The van der Waals surface area contributed by atoms with Crippen molar-refractivity contribution < 1.29 is 4.79 Å². The summed E-state index contributed by atoms with van der Waals surface area (Å²) in [5.74, 6) is 1.23. The maximum Gasteiger partial charge on any atom is 0.226 e. The lowest BCUT2D eigenvalue weighted by atomic mass is 10.1. The largest absolute Gasteiger partial charge is 0.356 e. The van der Waals surface area contributed by atoms with E-state index in [1.165, 1.54) is 4.88 Å². The van der Waals surface area contributed by atoms with E-state index in [9.17, 15) is 4.79 Å². The Kier molecular flexibility index (Phi) is 7.66. The zero-order valence-corrected chi connectivity index (χ0v) is 16.7. The number of hydrogen-bond acceptors (Lipinski definition) is 3. The van der Waals surface area contributed by atoms with Crippen LogP contribution in [0.1, 0.15) is 37.1 Å². The molecule has 0 fully saturated rings. The van der Waals surface area contributed by atoms with E-state index >= 15 is 0 Å². The Morgan fingerprint density at radius 1 is 1.12 bits per heavy atom. The number of nitrogens with zero attached hydrogens (tertiary/aromatic N) is 1. The number of nitrogens with one attached hydrogen (secondary N) is 3. The minimum atomic E-state index is -0.0256. The fraction of sp³-hybridized carbons (Fsp3) is 0.400. The van der Waals surface area contributed by atoms with Crippen LogP contribution in [0.25, 0.3) is 0 Å². The smallest absolute Gasteiger partial charge is 0.226 e. The zero-order chi connectivity index (χ0) is 18.9. The summed E-state index contributed by atoms with van der Waals surface area (Å²) >= 11 is 1.78. The highest BCUT2D eigenvalue weighted by molar-refractivity contribution is 7.10. The predicted octanol–water partition coefficient (Wildman–Crippen LogP) is 3.81. The molecule has 26 heavy (non-hydrogen) atoms. The maximum absolute atomic E-state index is 11.7. The molecule has 1 amide bonds. The van der Waals surface area contributed by atoms with Gasteiger partial charge in [0.1, 0.15) is 0 Å². The van der Waals surface area contributed by atoms with Gasteiger partial charge >= 0.3 is 0 Å². The Morgan fingerprint density at radius 3 is 2.42 bits per heavy atom. The molecule has 2 aromatic rings. The number of aliphatic imine (C=N–C) groups is 1. The first-order valence-electron chi connectivity index (χ1n) is 8.87. The monoisotopic (exact) mass is 372 g/mol. The van der Waals surface area contributed by atoms with Gasteiger partial charge in [-0.25, -0.2) is 0 Å². The number of benzene rings is 1. The van der Waals surface area contributed by atoms with Crippen LogP contribution in [-0.2, 0) is 11.3 Å². The molecule has 1 unspecified atom stereocenters. The maximum atomic E-state index is 11.7. The molecule has 0 bridgehead atoms. The third kappa shape index (κ3) is 6.19. The summed E-state index contributed by atoms with van der Waals surface area (Å²) in [5, 5.41) is 11.7. The average molecular weight is 373 g/mol. The van der Waals surface area contributed by atoms with Gasteiger partial charge in [0, 0.05) is 42.5 Å². The molecule has 0 saturated heterocycles. The molecule has 0 saturated carbocycles. The van der Waals surface area contributed by atoms with Crippen molar-refractivity contribution >= 4 is 28.9 Å². The summed E-state index contributed by atoms with van der Waals surface area (Å²) in [7, 11) is 1.77. The Hall–Kier alpha value is -2.34. The van der Waals surface area contributed by atoms with Crippen molar-refractivity contribution in [2.45, 2.75) is 33.2 Å². The lowest BCUT2D eigenvalue weighted by molar-refractivity contribution is -0.118. The highest BCUT2D eigenvalue weighted by atomic mass is 32.1. The quantitative estimate of drug-likeness (QED) is 0.511. The second-order valence-corrected chi connectivity index (χ2v) is 7.54. The van der Waals surface area contributed by atoms with Gasteiger partial charge in [0.15, 0.2) is 5.96 Å². The van der Waals surface area contributed by atoms with E-state index in [2.05, 4.69) is 45.4 Å². The molecule has 0 aliphatic rings. The Bertz CT molecular complexity index is 708. The van der Waals surface area contributed by atoms with Crippen LogP contribution in [-0.4, -0.2) is 25.5 Å². The van der Waals surface area contributed by atoms with Gasteiger partial charge in [0.2, 0.25) is 5.91 Å². The van der Waals surface area contributed by atoms with Crippen LogP contribution in [0.5, 0.6) is 0 Å². The molecule has 1 heterocycles. The van der Waals surface area contributed by atoms with E-state index in [0.29, 0.717) is 12.5 Å². The summed E-state index contributed by atoms with van der Waals surface area (Å²) in [6.07, 6.45) is 0. The first-order chi connectivity index (χ1) is 12.5. The number of carbonyl (C=O) groups excluding carboxylic acids is 1. The first-order valence-corrected chi connectivity index (χ1v) is 9.75. The molecule has 0 aliphatic heterocycles. The van der Waals surface area contributed by atoms with E-state index in [0.717, 1.165) is 23.8 Å². The van der Waals surface area contributed by atoms with Crippen molar-refractivity contribution in [3.8, 4) is 0 Å². The lowest BCUT2D eigenvalue weighted by Gasteiger charge is -2.15. The third-order valence-corrected chi connectivity index (χ3v) is 5.14. The number of amides is 1. The Labute approximate surface area is 159 Å². The minimum absolute atomic E-state index is 0.0256. The van der Waals surface area contributed by atoms with Crippen molar-refractivity contribution in [1.82, 2.24) is 10.6 Å². The van der Waals surface area contributed by atoms with Crippen LogP contribution >= 0.6 is 11.3 Å². The summed E-state index contributed by atoms with van der Waals surface area (Å²) in [6, 6.07) is 12.1. The van der Waals surface area contributed by atoms with E-state index < -0.39 is 0 Å². The number of guanidine groups is 1. The lowest BCUT2D eigenvalue weighted by Crippen LogP contribution is -2.38. The van der Waals surface area contributed by atoms with Gasteiger partial charge in [-0.3, -0.25) is 9.79 Å². The highest BCUT2D eigenvalue weighted by Gasteiger charge is 2.08. The predicted molar refractivity (Wildman–Crippen MR) is 111 cm³/mol. The van der Waals surface area contributed by atoms with Crippen LogP contribution in [0.3, 0.4) is 0 Å². The van der Waals surface area contributed by atoms with Crippen LogP contribution in [0, 0.1) is 5.92 Å². The van der Waals surface area contributed by atoms with Crippen molar-refractivity contribution in [2.24, 2.45) is 10.9 Å². The van der Waals surface area contributed by atoms with Crippen molar-refractivity contribution in [3.05, 3.63) is 52.2 Å². The molecule has 0 aliphatic carbocycles. The molecular weight excluding hydrogens is 344 g/mol. The molecule has 0 radical (unpaired) electrons. The van der Waals surface area contributed by atoms with Gasteiger partial charge in [-0.2, -0.15) is 0 Å². The van der Waals surface area contributed by atoms with Gasteiger partial charge < -0.3 is 16.0 Å². The van der Waals surface area contributed by atoms with Crippen molar-refractivity contribution in [2.75, 3.05) is 18.9 Å². The number of carbonyl (C=O) groups is 1. The highest BCUT2D eigenvalue weighted by Crippen LogP contribution is 2.19. The van der Waals surface area contributed by atoms with Gasteiger partial charge in [0.25, 0.3) is 0 Å². The molecule has 3 N–H and O–H groups in total. The van der Waals surface area contributed by atoms with Gasteiger partial charge in [-0.15, -0.1) is 11.3 Å².